The van der Waals surface area contributed by atoms with Gasteiger partial charge in [0.25, 0.3) is 0 Å². The minimum absolute atomic E-state index is 0.127. The Balaban J connectivity index is 0.997. The Labute approximate surface area is 357 Å². The van der Waals surface area contributed by atoms with Gasteiger partial charge in [-0.1, -0.05) is 178 Å². The SMILES string of the molecule is CC1(C)c2ccccc2-c2ccc(N(c3ccc(-c4ccc(-c5ccccc5)cc4)cc3)c3ccc4oc5c(C6(C)c7ccccc7-c7ccccc76)cccc5c4c3)cc21. The van der Waals surface area contributed by atoms with Crippen LogP contribution in [-0.2, 0) is 10.8 Å². The first-order chi connectivity index (χ1) is 29.9. The first kappa shape index (κ1) is 35.5. The lowest BCUT2D eigenvalue weighted by Crippen LogP contribution is -2.22. The van der Waals surface area contributed by atoms with Crippen LogP contribution in [0.2, 0.25) is 0 Å². The van der Waals surface area contributed by atoms with Gasteiger partial charge in [-0.25, -0.2) is 0 Å². The second kappa shape index (κ2) is 13.3. The lowest BCUT2D eigenvalue weighted by molar-refractivity contribution is 0.638. The van der Waals surface area contributed by atoms with E-state index in [4.69, 9.17) is 4.42 Å². The predicted octanol–water partition coefficient (Wildman–Crippen LogP) is 16.0. The molecule has 1 heterocycles. The third-order valence-corrected chi connectivity index (χ3v) is 13.8. The summed E-state index contributed by atoms with van der Waals surface area (Å²) in [6.07, 6.45) is 0. The first-order valence-corrected chi connectivity index (χ1v) is 21.3. The summed E-state index contributed by atoms with van der Waals surface area (Å²) >= 11 is 0. The van der Waals surface area contributed by atoms with Gasteiger partial charge in [0.1, 0.15) is 11.2 Å². The molecule has 0 radical (unpaired) electrons. The van der Waals surface area contributed by atoms with Crippen LogP contribution < -0.4 is 4.90 Å². The van der Waals surface area contributed by atoms with Gasteiger partial charge in [-0.05, 0) is 116 Å². The van der Waals surface area contributed by atoms with Crippen molar-refractivity contribution < 1.29 is 4.42 Å². The number of furan rings is 1. The van der Waals surface area contributed by atoms with Crippen molar-refractivity contribution in [2.75, 3.05) is 4.90 Å². The smallest absolute Gasteiger partial charge is 0.139 e. The molecule has 9 aromatic carbocycles. The van der Waals surface area contributed by atoms with Gasteiger partial charge in [0.15, 0.2) is 0 Å². The largest absolute Gasteiger partial charge is 0.456 e. The normalized spacial score (nSPS) is 14.1. The Morgan fingerprint density at radius 2 is 0.820 bits per heavy atom. The highest BCUT2D eigenvalue weighted by molar-refractivity contribution is 6.08. The highest BCUT2D eigenvalue weighted by Crippen LogP contribution is 2.55. The van der Waals surface area contributed by atoms with E-state index in [1.165, 1.54) is 72.3 Å². The molecule has 0 N–H and O–H groups in total. The molecule has 0 spiro atoms. The molecule has 2 heteroatoms. The second-order valence-corrected chi connectivity index (χ2v) is 17.4. The fraction of sp³-hybridized carbons (Fsp3) is 0.0847. The minimum atomic E-state index is -0.367. The summed E-state index contributed by atoms with van der Waals surface area (Å²) < 4.78 is 6.94. The standard InChI is InChI=1S/C59H43NO/c1-58(2)51-20-10-7-16-45(51)48-34-32-44(37-55(48)58)60(42-30-28-41(29-31-42)40-26-24-39(25-27-40)38-14-5-4-6-15-38)43-33-35-56-50(36-43)49-19-13-23-54(57(49)61-56)59(3)52-21-11-8-17-46(52)47-18-9-12-22-53(47)59/h4-37H,1-3H3. The maximum absolute atomic E-state index is 6.94. The van der Waals surface area contributed by atoms with Crippen LogP contribution in [0.1, 0.15) is 48.6 Å². The van der Waals surface area contributed by atoms with E-state index in [-0.39, 0.29) is 10.8 Å². The van der Waals surface area contributed by atoms with Crippen LogP contribution in [0, 0.1) is 0 Å². The molecule has 10 aromatic rings. The maximum Gasteiger partial charge on any atom is 0.139 e. The Bertz CT molecular complexity index is 3290. The molecule has 0 amide bonds. The maximum atomic E-state index is 6.94. The molecule has 0 saturated carbocycles. The molecule has 2 nitrogen and oxygen atoms in total. The molecule has 2 aliphatic rings. The van der Waals surface area contributed by atoms with E-state index >= 15 is 0 Å². The third kappa shape index (κ3) is 5.28. The molecular weight excluding hydrogens is 739 g/mol. The van der Waals surface area contributed by atoms with Crippen LogP contribution in [0.5, 0.6) is 0 Å². The summed E-state index contributed by atoms with van der Waals surface area (Å²) in [6.45, 7) is 7.07. The number of hydrogen-bond acceptors (Lipinski definition) is 2. The van der Waals surface area contributed by atoms with Crippen LogP contribution in [0.3, 0.4) is 0 Å². The molecule has 12 rings (SSSR count). The molecule has 290 valence electrons. The van der Waals surface area contributed by atoms with Crippen molar-refractivity contribution >= 4 is 39.0 Å². The van der Waals surface area contributed by atoms with Gasteiger partial charge < -0.3 is 9.32 Å². The van der Waals surface area contributed by atoms with E-state index in [0.29, 0.717) is 0 Å². The zero-order chi connectivity index (χ0) is 40.9. The van der Waals surface area contributed by atoms with Crippen molar-refractivity contribution in [1.82, 2.24) is 0 Å². The van der Waals surface area contributed by atoms with Crippen molar-refractivity contribution in [3.63, 3.8) is 0 Å². The van der Waals surface area contributed by atoms with Crippen molar-refractivity contribution in [2.45, 2.75) is 31.6 Å². The molecule has 0 atom stereocenters. The van der Waals surface area contributed by atoms with Crippen LogP contribution >= 0.6 is 0 Å². The Hall–Kier alpha value is -7.42. The van der Waals surface area contributed by atoms with Gasteiger partial charge in [0, 0.05) is 44.2 Å². The van der Waals surface area contributed by atoms with Gasteiger partial charge in [-0.15, -0.1) is 0 Å². The highest BCUT2D eigenvalue weighted by atomic mass is 16.3. The molecular formula is C59H43NO. The fourth-order valence-electron chi connectivity index (χ4n) is 10.6. The first-order valence-electron chi connectivity index (χ1n) is 21.3. The zero-order valence-electron chi connectivity index (χ0n) is 34.5. The monoisotopic (exact) mass is 781 g/mol. The van der Waals surface area contributed by atoms with E-state index in [0.717, 1.165) is 39.0 Å². The molecule has 0 saturated heterocycles. The van der Waals surface area contributed by atoms with E-state index < -0.39 is 0 Å². The lowest BCUT2D eigenvalue weighted by atomic mass is 9.74. The van der Waals surface area contributed by atoms with E-state index in [1.807, 2.05) is 0 Å². The zero-order valence-corrected chi connectivity index (χ0v) is 34.5. The summed E-state index contributed by atoms with van der Waals surface area (Å²) in [6, 6.07) is 75.5. The van der Waals surface area contributed by atoms with Gasteiger partial charge in [0.05, 0.1) is 0 Å². The van der Waals surface area contributed by atoms with Crippen LogP contribution in [0.4, 0.5) is 17.1 Å². The Morgan fingerprint density at radius 3 is 1.48 bits per heavy atom. The summed E-state index contributed by atoms with van der Waals surface area (Å²) in [7, 11) is 0. The average Bonchev–Trinajstić information content (AvgIpc) is 3.90. The Morgan fingerprint density at radius 1 is 0.344 bits per heavy atom. The van der Waals surface area contributed by atoms with Gasteiger partial charge in [-0.2, -0.15) is 0 Å². The molecule has 0 fully saturated rings. The van der Waals surface area contributed by atoms with Crippen molar-refractivity contribution in [2.24, 2.45) is 0 Å². The lowest BCUT2D eigenvalue weighted by Gasteiger charge is -2.28. The van der Waals surface area contributed by atoms with Gasteiger partial charge >= 0.3 is 0 Å². The quantitative estimate of drug-likeness (QED) is 0.167. The molecule has 1 aromatic heterocycles. The molecule has 0 aliphatic heterocycles. The van der Waals surface area contributed by atoms with Gasteiger partial charge in [-0.3, -0.25) is 0 Å². The fourth-order valence-corrected chi connectivity index (χ4v) is 10.6. The van der Waals surface area contributed by atoms with Crippen molar-refractivity contribution in [3.8, 4) is 44.5 Å². The minimum Gasteiger partial charge on any atom is -0.456 e. The second-order valence-electron chi connectivity index (χ2n) is 17.4. The van der Waals surface area contributed by atoms with Gasteiger partial charge in [0.2, 0.25) is 0 Å². The number of para-hydroxylation sites is 1. The summed E-state index contributed by atoms with van der Waals surface area (Å²) in [5, 5.41) is 2.23. The molecule has 2 aliphatic carbocycles. The summed E-state index contributed by atoms with van der Waals surface area (Å²) in [5.74, 6) is 0. The van der Waals surface area contributed by atoms with E-state index in [2.05, 4.69) is 232 Å². The summed E-state index contributed by atoms with van der Waals surface area (Å²) in [5.41, 5.74) is 21.2. The van der Waals surface area contributed by atoms with Crippen molar-refractivity contribution in [3.05, 3.63) is 234 Å². The summed E-state index contributed by atoms with van der Waals surface area (Å²) in [4.78, 5) is 2.41. The van der Waals surface area contributed by atoms with Crippen molar-refractivity contribution in [1.29, 1.82) is 0 Å². The average molecular weight is 782 g/mol. The van der Waals surface area contributed by atoms with E-state index in [1.54, 1.807) is 0 Å². The molecule has 61 heavy (non-hydrogen) atoms. The Kier molecular flexibility index (Phi) is 7.74. The third-order valence-electron chi connectivity index (χ3n) is 13.8. The number of rotatable bonds is 6. The number of hydrogen-bond donors (Lipinski definition) is 0. The topological polar surface area (TPSA) is 16.4 Å². The van der Waals surface area contributed by atoms with E-state index in [9.17, 15) is 0 Å². The number of anilines is 3. The number of fused-ring (bicyclic) bond motifs is 9. The molecule has 0 bridgehead atoms. The van der Waals surface area contributed by atoms with Crippen LogP contribution in [0.15, 0.2) is 211 Å². The predicted molar refractivity (Wildman–Crippen MR) is 254 cm³/mol. The van der Waals surface area contributed by atoms with Crippen LogP contribution in [0.25, 0.3) is 66.4 Å². The highest BCUT2D eigenvalue weighted by Gasteiger charge is 2.42. The number of nitrogens with zero attached hydrogens (tertiary/aromatic N) is 1. The van der Waals surface area contributed by atoms with Crippen LogP contribution in [-0.4, -0.2) is 0 Å². The number of benzene rings is 9. The molecule has 0 unspecified atom stereocenters.